The third kappa shape index (κ3) is 2.86. The molecule has 1 aliphatic heterocycles. The van der Waals surface area contributed by atoms with Crippen molar-refractivity contribution >= 4 is 27.4 Å². The molecule has 0 spiro atoms. The van der Waals surface area contributed by atoms with Gasteiger partial charge >= 0.3 is 0 Å². The Morgan fingerprint density at radius 2 is 2.29 bits per heavy atom. The van der Waals surface area contributed by atoms with Crippen LogP contribution in [0.1, 0.15) is 0 Å². The van der Waals surface area contributed by atoms with Crippen LogP contribution in [-0.2, 0) is 9.84 Å². The summed E-state index contributed by atoms with van der Waals surface area (Å²) in [5.74, 6) is 0.955. The van der Waals surface area contributed by atoms with Gasteiger partial charge in [-0.25, -0.2) is 18.4 Å². The van der Waals surface area contributed by atoms with E-state index in [0.717, 1.165) is 18.1 Å². The molecule has 1 aliphatic rings. The number of rotatable bonds is 2. The van der Waals surface area contributed by atoms with Gasteiger partial charge in [-0.1, -0.05) is 0 Å². The third-order valence-corrected chi connectivity index (χ3v) is 5.14. The molecule has 2 heterocycles. The minimum absolute atomic E-state index is 0.327. The predicted molar refractivity (Wildman–Crippen MR) is 65.3 cm³/mol. The number of anilines is 1. The summed E-state index contributed by atoms with van der Waals surface area (Å²) >= 11 is 1.57. The van der Waals surface area contributed by atoms with Gasteiger partial charge in [0.05, 0.1) is 0 Å². The van der Waals surface area contributed by atoms with Gasteiger partial charge in [-0.15, -0.1) is 0 Å². The molecule has 8 heteroatoms. The van der Waals surface area contributed by atoms with Crippen LogP contribution in [0, 0.1) is 5.95 Å². The first-order valence-corrected chi connectivity index (χ1v) is 8.10. The van der Waals surface area contributed by atoms with Crippen molar-refractivity contribution in [1.82, 2.24) is 9.97 Å². The molecule has 5 nitrogen and oxygen atoms in total. The number of nitrogens with zero attached hydrogens (tertiary/aromatic N) is 3. The number of hydrogen-bond acceptors (Lipinski definition) is 6. The minimum Gasteiger partial charge on any atom is -0.338 e. The lowest BCUT2D eigenvalue weighted by molar-refractivity contribution is 0.571. The highest BCUT2D eigenvalue weighted by Crippen LogP contribution is 2.25. The van der Waals surface area contributed by atoms with Crippen LogP contribution < -0.4 is 4.90 Å². The van der Waals surface area contributed by atoms with E-state index in [1.54, 1.807) is 16.7 Å². The van der Waals surface area contributed by atoms with E-state index in [1.165, 1.54) is 6.26 Å². The van der Waals surface area contributed by atoms with Crippen molar-refractivity contribution in [1.29, 1.82) is 0 Å². The van der Waals surface area contributed by atoms with Gasteiger partial charge in [0.15, 0.2) is 9.84 Å². The van der Waals surface area contributed by atoms with E-state index in [0.29, 0.717) is 18.1 Å². The Morgan fingerprint density at radius 1 is 1.53 bits per heavy atom. The maximum Gasteiger partial charge on any atom is 0.218 e. The maximum absolute atomic E-state index is 13.0. The summed E-state index contributed by atoms with van der Waals surface area (Å²) in [5, 5.41) is -0.643. The molecule has 0 amide bonds. The summed E-state index contributed by atoms with van der Waals surface area (Å²) in [6.45, 7) is 0.541. The molecule has 0 radical (unpaired) electrons. The number of aromatic nitrogens is 2. The molecule has 17 heavy (non-hydrogen) atoms. The first-order chi connectivity index (χ1) is 7.98. The van der Waals surface area contributed by atoms with Gasteiger partial charge in [-0.2, -0.15) is 16.2 Å². The molecular weight excluding hydrogens is 265 g/mol. The number of sulfone groups is 1. The van der Waals surface area contributed by atoms with Crippen molar-refractivity contribution in [3.05, 3.63) is 18.3 Å². The third-order valence-electron chi connectivity index (χ3n) is 2.49. The van der Waals surface area contributed by atoms with Crippen LogP contribution in [0.15, 0.2) is 12.4 Å². The lowest BCUT2D eigenvalue weighted by Gasteiger charge is -2.34. The lowest BCUT2D eigenvalue weighted by atomic mass is 10.4. The summed E-state index contributed by atoms with van der Waals surface area (Å²) in [7, 11) is -3.21. The second-order valence-corrected chi connectivity index (χ2v) is 7.10. The lowest BCUT2D eigenvalue weighted by Crippen LogP contribution is -2.47. The molecule has 1 fully saturated rings. The molecule has 0 aliphatic carbocycles. The Hall–Kier alpha value is -0.890. The van der Waals surface area contributed by atoms with Gasteiger partial charge in [0, 0.05) is 30.4 Å². The molecule has 1 saturated heterocycles. The fourth-order valence-electron chi connectivity index (χ4n) is 1.68. The van der Waals surface area contributed by atoms with Crippen molar-refractivity contribution in [3.63, 3.8) is 0 Å². The van der Waals surface area contributed by atoms with Gasteiger partial charge in [-0.05, 0) is 0 Å². The van der Waals surface area contributed by atoms with Crippen LogP contribution in [0.4, 0.5) is 10.2 Å². The minimum atomic E-state index is -3.21. The highest BCUT2D eigenvalue weighted by atomic mass is 32.2. The summed E-state index contributed by atoms with van der Waals surface area (Å²) in [5.41, 5.74) is 0. The van der Waals surface area contributed by atoms with E-state index in [1.807, 2.05) is 0 Å². The zero-order valence-electron chi connectivity index (χ0n) is 9.21. The van der Waals surface area contributed by atoms with Crippen LogP contribution >= 0.6 is 11.8 Å². The zero-order chi connectivity index (χ0) is 12.5. The molecule has 0 N–H and O–H groups in total. The topological polar surface area (TPSA) is 63.2 Å². The quantitative estimate of drug-likeness (QED) is 0.735. The highest BCUT2D eigenvalue weighted by molar-refractivity contribution is 8.01. The first kappa shape index (κ1) is 12.6. The van der Waals surface area contributed by atoms with Crippen molar-refractivity contribution < 1.29 is 12.8 Å². The molecule has 0 aromatic carbocycles. The number of halogens is 1. The van der Waals surface area contributed by atoms with Crippen LogP contribution in [0.3, 0.4) is 0 Å². The number of hydrogen-bond donors (Lipinski definition) is 0. The normalized spacial score (nSPS) is 21.5. The predicted octanol–water partition coefficient (Wildman–Crippen LogP) is 0.540. The Morgan fingerprint density at radius 3 is 2.94 bits per heavy atom. The standard InChI is InChI=1S/C9H12FN3O2S2/c1-17(14,15)9-5-16-3-2-13(9)8-4-7(10)11-6-12-8/h4,6,9H,2-3,5H2,1H3. The molecule has 0 saturated carbocycles. The van der Waals surface area contributed by atoms with Crippen molar-refractivity contribution in [3.8, 4) is 0 Å². The molecule has 1 atom stereocenters. The molecular formula is C9H12FN3O2S2. The van der Waals surface area contributed by atoms with Crippen LogP contribution in [0.25, 0.3) is 0 Å². The van der Waals surface area contributed by atoms with Crippen LogP contribution in [-0.4, -0.2) is 48.1 Å². The summed E-state index contributed by atoms with van der Waals surface area (Å²) in [4.78, 5) is 8.91. The van der Waals surface area contributed by atoms with E-state index in [4.69, 9.17) is 0 Å². The smallest absolute Gasteiger partial charge is 0.218 e. The largest absolute Gasteiger partial charge is 0.338 e. The van der Waals surface area contributed by atoms with E-state index in [9.17, 15) is 12.8 Å². The van der Waals surface area contributed by atoms with E-state index < -0.39 is 21.2 Å². The summed E-state index contributed by atoms with van der Waals surface area (Å²) in [6.07, 6.45) is 2.29. The Balaban J connectivity index is 2.34. The zero-order valence-corrected chi connectivity index (χ0v) is 10.8. The fraction of sp³-hybridized carbons (Fsp3) is 0.556. The second kappa shape index (κ2) is 4.77. The van der Waals surface area contributed by atoms with Gasteiger partial charge < -0.3 is 4.90 Å². The average Bonchev–Trinajstić information content (AvgIpc) is 2.28. The Kier molecular flexibility index (Phi) is 3.53. The molecule has 2 rings (SSSR count). The molecule has 0 bridgehead atoms. The van der Waals surface area contributed by atoms with Crippen molar-refractivity contribution in [2.75, 3.05) is 29.2 Å². The Labute approximate surface area is 103 Å². The van der Waals surface area contributed by atoms with Crippen molar-refractivity contribution in [2.24, 2.45) is 0 Å². The van der Waals surface area contributed by atoms with E-state index >= 15 is 0 Å². The Bertz CT molecular complexity index is 509. The summed E-state index contributed by atoms with van der Waals surface area (Å²) in [6, 6.07) is 1.16. The maximum atomic E-state index is 13.0. The van der Waals surface area contributed by atoms with Gasteiger partial charge in [0.2, 0.25) is 5.95 Å². The van der Waals surface area contributed by atoms with Gasteiger partial charge in [-0.3, -0.25) is 0 Å². The average molecular weight is 277 g/mol. The molecule has 94 valence electrons. The number of thioether (sulfide) groups is 1. The SMILES string of the molecule is CS(=O)(=O)C1CSCCN1c1cc(F)ncn1. The van der Waals surface area contributed by atoms with E-state index in [2.05, 4.69) is 9.97 Å². The highest BCUT2D eigenvalue weighted by Gasteiger charge is 2.31. The molecule has 1 aromatic heterocycles. The monoisotopic (exact) mass is 277 g/mol. The summed E-state index contributed by atoms with van der Waals surface area (Å²) < 4.78 is 36.3. The first-order valence-electron chi connectivity index (χ1n) is 4.99. The van der Waals surface area contributed by atoms with Crippen LogP contribution in [0.2, 0.25) is 0 Å². The fourth-order valence-corrected chi connectivity index (χ4v) is 4.51. The van der Waals surface area contributed by atoms with E-state index in [-0.39, 0.29) is 0 Å². The van der Waals surface area contributed by atoms with Gasteiger partial charge in [0.1, 0.15) is 17.5 Å². The van der Waals surface area contributed by atoms with Crippen LogP contribution in [0.5, 0.6) is 0 Å². The molecule has 1 aromatic rings. The second-order valence-electron chi connectivity index (χ2n) is 3.75. The van der Waals surface area contributed by atoms with Crippen molar-refractivity contribution in [2.45, 2.75) is 5.37 Å². The van der Waals surface area contributed by atoms with Gasteiger partial charge in [0.25, 0.3) is 0 Å². The molecule has 1 unspecified atom stereocenters.